The van der Waals surface area contributed by atoms with E-state index < -0.39 is 11.5 Å². The number of thioether (sulfide) groups is 1. The van der Waals surface area contributed by atoms with Gasteiger partial charge in [-0.05, 0) is 31.6 Å². The lowest BCUT2D eigenvalue weighted by atomic mass is 10.0. The molecule has 0 spiro atoms. The van der Waals surface area contributed by atoms with Crippen LogP contribution >= 0.6 is 11.8 Å². The maximum atomic E-state index is 13.2. The normalized spacial score (nSPS) is 14.8. The van der Waals surface area contributed by atoms with E-state index in [0.29, 0.717) is 21.8 Å². The number of aryl methyl sites for hydroxylation is 1. The van der Waals surface area contributed by atoms with Crippen LogP contribution in [0.2, 0.25) is 0 Å². The minimum absolute atomic E-state index is 0.0562. The number of nitrogens with one attached hydrogen (secondary N) is 1. The van der Waals surface area contributed by atoms with Gasteiger partial charge in [0.15, 0.2) is 10.9 Å². The van der Waals surface area contributed by atoms with E-state index in [2.05, 4.69) is 9.97 Å². The minimum Gasteiger partial charge on any atom is -0.293 e. The van der Waals surface area contributed by atoms with E-state index in [4.69, 9.17) is 5.84 Å². The van der Waals surface area contributed by atoms with Crippen LogP contribution < -0.4 is 16.8 Å². The van der Waals surface area contributed by atoms with Crippen LogP contribution in [0.1, 0.15) is 65.1 Å². The average molecular weight is 375 g/mol. The van der Waals surface area contributed by atoms with Gasteiger partial charge in [-0.1, -0.05) is 24.6 Å². The summed E-state index contributed by atoms with van der Waals surface area (Å²) >= 11 is 1.30. The van der Waals surface area contributed by atoms with Crippen molar-refractivity contribution in [3.63, 3.8) is 0 Å². The van der Waals surface area contributed by atoms with Gasteiger partial charge in [-0.25, -0.2) is 15.8 Å². The number of nitrogens with two attached hydrogens (primary N) is 1. The molecule has 0 aromatic carbocycles. The molecule has 26 heavy (non-hydrogen) atoms. The molecule has 1 amide bonds. The predicted octanol–water partition coefficient (Wildman–Crippen LogP) is 1.74. The van der Waals surface area contributed by atoms with Gasteiger partial charge in [0.2, 0.25) is 0 Å². The zero-order chi connectivity index (χ0) is 19.0. The summed E-state index contributed by atoms with van der Waals surface area (Å²) in [5.74, 6) is 4.36. The molecule has 0 aliphatic heterocycles. The maximum Gasteiger partial charge on any atom is 0.271 e. The molecule has 1 aliphatic carbocycles. The first-order chi connectivity index (χ1) is 12.4. The lowest BCUT2D eigenvalue weighted by Gasteiger charge is -2.20. The maximum absolute atomic E-state index is 13.2. The molecule has 2 heterocycles. The number of carbonyl (C=O) groups is 2. The van der Waals surface area contributed by atoms with Crippen LogP contribution in [-0.2, 0) is 0 Å². The molecule has 0 bridgehead atoms. The number of hydrazine groups is 1. The average Bonchev–Trinajstić information content (AvgIpc) is 3.14. The number of hydrogen-bond donors (Lipinski definition) is 2. The summed E-state index contributed by atoms with van der Waals surface area (Å²) in [6.07, 6.45) is 5.48. The molecule has 0 radical (unpaired) electrons. The number of pyridine rings is 1. The van der Waals surface area contributed by atoms with Crippen molar-refractivity contribution in [1.29, 1.82) is 0 Å². The Balaban J connectivity index is 2.53. The Hall–Kier alpha value is -2.26. The van der Waals surface area contributed by atoms with Gasteiger partial charge in [0.25, 0.3) is 11.5 Å². The first-order valence-corrected chi connectivity index (χ1v) is 9.65. The quantitative estimate of drug-likeness (QED) is 0.208. The van der Waals surface area contributed by atoms with Crippen molar-refractivity contribution < 1.29 is 9.59 Å². The second-order valence-electron chi connectivity index (χ2n) is 6.40. The molecule has 9 heteroatoms. The fourth-order valence-corrected chi connectivity index (χ4v) is 4.00. The van der Waals surface area contributed by atoms with Crippen molar-refractivity contribution in [1.82, 2.24) is 20.0 Å². The molecule has 1 fully saturated rings. The number of carbonyl (C=O) groups excluding carboxylic acids is 2. The van der Waals surface area contributed by atoms with Crippen LogP contribution in [0.25, 0.3) is 11.0 Å². The lowest BCUT2D eigenvalue weighted by Crippen LogP contribution is -2.39. The van der Waals surface area contributed by atoms with Gasteiger partial charge < -0.3 is 0 Å². The zero-order valence-corrected chi connectivity index (χ0v) is 15.8. The fraction of sp³-hybridized carbons (Fsp3) is 0.471. The Labute approximate surface area is 154 Å². The molecular weight excluding hydrogens is 354 g/mol. The number of rotatable bonds is 4. The Bertz CT molecular complexity index is 963. The van der Waals surface area contributed by atoms with E-state index in [-0.39, 0.29) is 23.1 Å². The molecule has 0 atom stereocenters. The van der Waals surface area contributed by atoms with Gasteiger partial charge in [-0.3, -0.25) is 24.4 Å². The van der Waals surface area contributed by atoms with Gasteiger partial charge in [-0.15, -0.1) is 0 Å². The van der Waals surface area contributed by atoms with Crippen molar-refractivity contribution in [3.05, 3.63) is 27.2 Å². The van der Waals surface area contributed by atoms with Crippen molar-refractivity contribution in [2.45, 2.75) is 50.7 Å². The third-order valence-corrected chi connectivity index (χ3v) is 5.39. The molecule has 0 unspecified atom stereocenters. The summed E-state index contributed by atoms with van der Waals surface area (Å²) in [6, 6.07) is -0.0562. The smallest absolute Gasteiger partial charge is 0.271 e. The zero-order valence-electron chi connectivity index (χ0n) is 15.0. The number of nitrogens with zero attached hydrogens (tertiary/aromatic N) is 3. The van der Waals surface area contributed by atoms with Gasteiger partial charge in [-0.2, -0.15) is 0 Å². The molecule has 3 rings (SSSR count). The highest BCUT2D eigenvalue weighted by molar-refractivity contribution is 7.98. The van der Waals surface area contributed by atoms with Crippen LogP contribution in [0.15, 0.2) is 9.95 Å². The Morgan fingerprint density at radius 2 is 1.92 bits per heavy atom. The number of amides is 1. The van der Waals surface area contributed by atoms with Gasteiger partial charge >= 0.3 is 0 Å². The minimum atomic E-state index is -0.676. The van der Waals surface area contributed by atoms with Gasteiger partial charge in [0, 0.05) is 13.0 Å². The third-order valence-electron chi connectivity index (χ3n) is 4.84. The first-order valence-electron chi connectivity index (χ1n) is 8.43. The molecule has 138 valence electrons. The molecular formula is C17H21N5O3S. The Kier molecular flexibility index (Phi) is 5.10. The van der Waals surface area contributed by atoms with E-state index in [1.54, 1.807) is 11.5 Å². The highest BCUT2D eigenvalue weighted by atomic mass is 32.2. The summed E-state index contributed by atoms with van der Waals surface area (Å²) in [4.78, 5) is 46.5. The molecule has 0 saturated heterocycles. The van der Waals surface area contributed by atoms with Gasteiger partial charge in [0.1, 0.15) is 16.9 Å². The topological polar surface area (TPSA) is 120 Å². The van der Waals surface area contributed by atoms with E-state index >= 15 is 0 Å². The van der Waals surface area contributed by atoms with Crippen molar-refractivity contribution in [2.24, 2.45) is 5.84 Å². The van der Waals surface area contributed by atoms with E-state index in [0.717, 1.165) is 25.7 Å². The lowest BCUT2D eigenvalue weighted by molar-refractivity contribution is 0.0949. The number of ketones is 1. The molecule has 8 nitrogen and oxygen atoms in total. The highest BCUT2D eigenvalue weighted by Gasteiger charge is 2.29. The Morgan fingerprint density at radius 3 is 2.46 bits per heavy atom. The second kappa shape index (κ2) is 7.16. The monoisotopic (exact) mass is 375 g/mol. The fourth-order valence-electron chi connectivity index (χ4n) is 3.64. The van der Waals surface area contributed by atoms with E-state index in [9.17, 15) is 14.4 Å². The predicted molar refractivity (Wildman–Crippen MR) is 99.5 cm³/mol. The number of Topliss-reactive ketones (excluding diaryl/α,β-unsaturated/α-hetero) is 1. The number of nitrogen functional groups attached to an aromatic ring is 1. The van der Waals surface area contributed by atoms with E-state index in [1.807, 2.05) is 11.7 Å². The number of fused-ring (bicyclic) bond motifs is 1. The van der Waals surface area contributed by atoms with Gasteiger partial charge in [0.05, 0.1) is 5.39 Å². The largest absolute Gasteiger partial charge is 0.293 e. The van der Waals surface area contributed by atoms with Crippen LogP contribution in [0, 0.1) is 6.92 Å². The van der Waals surface area contributed by atoms with Crippen molar-refractivity contribution >= 4 is 34.5 Å². The molecule has 1 aliphatic rings. The van der Waals surface area contributed by atoms with Crippen LogP contribution in [0.4, 0.5) is 0 Å². The number of hydrogen-bond acceptors (Lipinski definition) is 7. The third kappa shape index (κ3) is 2.90. The standard InChI is InChI=1S/C17H21N5O3S/c1-8-11-13(9(2)23)19-17(26-3)20-14(11)22(10-6-4-5-7-10)16(25)12(8)15(24)21-18/h10H,4-7,18H2,1-3H3,(H,21,24). The second-order valence-corrected chi connectivity index (χ2v) is 7.17. The van der Waals surface area contributed by atoms with Crippen LogP contribution in [0.3, 0.4) is 0 Å². The van der Waals surface area contributed by atoms with E-state index in [1.165, 1.54) is 18.7 Å². The summed E-state index contributed by atoms with van der Waals surface area (Å²) in [5.41, 5.74) is 2.56. The summed E-state index contributed by atoms with van der Waals surface area (Å²) in [7, 11) is 0. The Morgan fingerprint density at radius 1 is 1.27 bits per heavy atom. The SMILES string of the molecule is CSc1nc(C(C)=O)c2c(C)c(C(=O)NN)c(=O)n(C3CCCC3)c2n1. The van der Waals surface area contributed by atoms with Crippen LogP contribution in [-0.4, -0.2) is 32.5 Å². The molecule has 1 saturated carbocycles. The summed E-state index contributed by atoms with van der Waals surface area (Å²) in [5, 5.41) is 0.865. The van der Waals surface area contributed by atoms with Crippen molar-refractivity contribution in [3.8, 4) is 0 Å². The summed E-state index contributed by atoms with van der Waals surface area (Å²) in [6.45, 7) is 3.04. The van der Waals surface area contributed by atoms with Crippen LogP contribution in [0.5, 0.6) is 0 Å². The highest BCUT2D eigenvalue weighted by Crippen LogP contribution is 2.33. The number of aromatic nitrogens is 3. The van der Waals surface area contributed by atoms with Crippen molar-refractivity contribution in [2.75, 3.05) is 6.26 Å². The summed E-state index contributed by atoms with van der Waals surface area (Å²) < 4.78 is 1.56. The molecule has 3 N–H and O–H groups in total. The molecule has 2 aromatic rings. The molecule has 2 aromatic heterocycles. The first kappa shape index (κ1) is 18.5.